The zero-order valence-corrected chi connectivity index (χ0v) is 32.7. The normalized spacial score (nSPS) is 11.1. The molecule has 0 atom stereocenters. The van der Waals surface area contributed by atoms with Crippen LogP contribution in [-0.4, -0.2) is 0 Å². The van der Waals surface area contributed by atoms with Gasteiger partial charge in [0.25, 0.3) is 0 Å². The largest absolute Gasteiger partial charge is 0.0651 e. The Balaban J connectivity index is -0.0000000839. The summed E-state index contributed by atoms with van der Waals surface area (Å²) in [6.45, 7) is 47.4. The molecule has 0 aromatic heterocycles. The predicted octanol–water partition coefficient (Wildman–Crippen LogP) is 15.8. The summed E-state index contributed by atoms with van der Waals surface area (Å²) in [6, 6.07) is 0. The summed E-state index contributed by atoms with van der Waals surface area (Å²) in [6.07, 6.45) is 15.7. The molecule has 246 valence electrons. The molecule has 0 rings (SSSR count). The molecule has 0 aromatic carbocycles. The molecule has 0 N–H and O–H groups in total. The number of hydrogen-bond acceptors (Lipinski definition) is 0. The standard InChI is InChI=1S/3C7H16.3C6H14/c3*1-5-7(3,4)6-2;3*1-4-6(3)5-2/h3*5-6H2,1-4H3;3*6H,4-5H2,1-3H3. The van der Waals surface area contributed by atoms with Crippen LogP contribution in [0.25, 0.3) is 0 Å². The zero-order valence-electron chi connectivity index (χ0n) is 32.7. The van der Waals surface area contributed by atoms with Gasteiger partial charge in [-0.05, 0) is 34.0 Å². The molecule has 0 bridgehead atoms. The van der Waals surface area contributed by atoms with Crippen LogP contribution in [0.5, 0.6) is 0 Å². The van der Waals surface area contributed by atoms with Crippen LogP contribution in [0.1, 0.15) is 222 Å². The monoisotopic (exact) mass is 559 g/mol. The van der Waals surface area contributed by atoms with Crippen molar-refractivity contribution in [2.75, 3.05) is 0 Å². The highest BCUT2D eigenvalue weighted by molar-refractivity contribution is 4.63. The first kappa shape index (κ1) is 51.7. The molecule has 0 saturated carbocycles. The number of hydrogen-bond donors (Lipinski definition) is 0. The van der Waals surface area contributed by atoms with Crippen molar-refractivity contribution in [1.82, 2.24) is 0 Å². The Labute approximate surface area is 256 Å². The second-order valence-electron chi connectivity index (χ2n) is 14.4. The maximum atomic E-state index is 2.30. The Bertz CT molecular complexity index is 308. The summed E-state index contributed by atoms with van der Waals surface area (Å²) in [5.74, 6) is 2.81. The van der Waals surface area contributed by atoms with E-state index in [1.54, 1.807) is 0 Å². The van der Waals surface area contributed by atoms with Crippen LogP contribution in [0.3, 0.4) is 0 Å². The fourth-order valence-electron chi connectivity index (χ4n) is 1.62. The molecule has 0 nitrogen and oxygen atoms in total. The molecule has 39 heavy (non-hydrogen) atoms. The first-order chi connectivity index (χ1) is 17.8. The lowest BCUT2D eigenvalue weighted by Gasteiger charge is -2.18. The Morgan fingerprint density at radius 1 is 0.282 bits per heavy atom. The van der Waals surface area contributed by atoms with Crippen LogP contribution in [-0.2, 0) is 0 Å². The van der Waals surface area contributed by atoms with Gasteiger partial charge in [0.2, 0.25) is 0 Å². The van der Waals surface area contributed by atoms with Gasteiger partial charge in [0.05, 0.1) is 0 Å². The molecule has 0 heteroatoms. The van der Waals surface area contributed by atoms with Gasteiger partial charge >= 0.3 is 0 Å². The third-order valence-corrected chi connectivity index (χ3v) is 9.92. The van der Waals surface area contributed by atoms with Gasteiger partial charge in [0.15, 0.2) is 0 Å². The highest BCUT2D eigenvalue weighted by atomic mass is 14.2. The van der Waals surface area contributed by atoms with Gasteiger partial charge in [-0.25, -0.2) is 0 Å². The predicted molar refractivity (Wildman–Crippen MR) is 192 cm³/mol. The summed E-state index contributed by atoms with van der Waals surface area (Å²) in [5, 5.41) is 0. The van der Waals surface area contributed by atoms with E-state index < -0.39 is 0 Å². The highest BCUT2D eigenvalue weighted by Crippen LogP contribution is 2.24. The average molecular weight is 559 g/mol. The Hall–Kier alpha value is 0. The first-order valence-electron chi connectivity index (χ1n) is 17.8. The van der Waals surface area contributed by atoms with E-state index in [0.717, 1.165) is 17.8 Å². The molecule has 0 heterocycles. The maximum Gasteiger partial charge on any atom is -0.0359 e. The molecular weight excluding hydrogens is 468 g/mol. The topological polar surface area (TPSA) is 0 Å². The van der Waals surface area contributed by atoms with Gasteiger partial charge in [-0.15, -0.1) is 0 Å². The van der Waals surface area contributed by atoms with E-state index in [9.17, 15) is 0 Å². The van der Waals surface area contributed by atoms with Gasteiger partial charge in [0.1, 0.15) is 0 Å². The van der Waals surface area contributed by atoms with Gasteiger partial charge < -0.3 is 0 Å². The minimum Gasteiger partial charge on any atom is -0.0651 e. The molecule has 0 unspecified atom stereocenters. The van der Waals surface area contributed by atoms with Crippen molar-refractivity contribution in [3.8, 4) is 0 Å². The summed E-state index contributed by atoms with van der Waals surface area (Å²) in [5.41, 5.74) is 1.75. The lowest BCUT2D eigenvalue weighted by Crippen LogP contribution is -2.05. The molecular formula is C39H90. The van der Waals surface area contributed by atoms with E-state index in [4.69, 9.17) is 0 Å². The minimum absolute atomic E-state index is 0.583. The third kappa shape index (κ3) is 54.7. The smallest absolute Gasteiger partial charge is 0.0359 e. The molecule has 0 fully saturated rings. The second kappa shape index (κ2) is 34.2. The van der Waals surface area contributed by atoms with Crippen molar-refractivity contribution in [1.29, 1.82) is 0 Å². The molecule has 0 aliphatic carbocycles. The zero-order chi connectivity index (χ0) is 32.7. The Morgan fingerprint density at radius 3 is 0.385 bits per heavy atom. The first-order valence-corrected chi connectivity index (χ1v) is 17.8. The SMILES string of the molecule is CCC(C)(C)CC.CCC(C)(C)CC.CCC(C)(C)CC.CCC(C)CC.CCC(C)CC.CCC(C)CC. The van der Waals surface area contributed by atoms with E-state index in [1.807, 2.05) is 0 Å². The van der Waals surface area contributed by atoms with E-state index in [-0.39, 0.29) is 0 Å². The Morgan fingerprint density at radius 2 is 0.385 bits per heavy atom. The van der Waals surface area contributed by atoms with Gasteiger partial charge in [0, 0.05) is 0 Å². The van der Waals surface area contributed by atoms with E-state index in [1.165, 1.54) is 77.0 Å². The molecule has 0 amide bonds. The van der Waals surface area contributed by atoms with Gasteiger partial charge in [-0.3, -0.25) is 0 Å². The fraction of sp³-hybridized carbons (Fsp3) is 1.00. The molecule has 0 aliphatic rings. The molecule has 0 saturated heterocycles. The van der Waals surface area contributed by atoms with Gasteiger partial charge in [-0.1, -0.05) is 222 Å². The molecule has 0 spiro atoms. The second-order valence-corrected chi connectivity index (χ2v) is 14.4. The van der Waals surface area contributed by atoms with Crippen LogP contribution in [0.15, 0.2) is 0 Å². The van der Waals surface area contributed by atoms with Crippen molar-refractivity contribution >= 4 is 0 Å². The van der Waals surface area contributed by atoms with Crippen molar-refractivity contribution in [3.63, 3.8) is 0 Å². The quantitative estimate of drug-likeness (QED) is 0.223. The Kier molecular flexibility index (Phi) is 45.4. The van der Waals surface area contributed by atoms with Crippen molar-refractivity contribution in [2.24, 2.45) is 34.0 Å². The van der Waals surface area contributed by atoms with E-state index >= 15 is 0 Å². The average Bonchev–Trinajstić information content (AvgIpc) is 2.97. The van der Waals surface area contributed by atoms with Crippen LogP contribution in [0.2, 0.25) is 0 Å². The van der Waals surface area contributed by atoms with E-state index in [2.05, 4.69) is 145 Å². The van der Waals surface area contributed by atoms with Crippen molar-refractivity contribution in [2.45, 2.75) is 222 Å². The summed E-state index contributed by atoms with van der Waals surface area (Å²) >= 11 is 0. The van der Waals surface area contributed by atoms with Crippen LogP contribution in [0, 0.1) is 34.0 Å². The molecule has 0 aromatic rings. The summed E-state index contributed by atoms with van der Waals surface area (Å²) in [4.78, 5) is 0. The lowest BCUT2D eigenvalue weighted by atomic mass is 9.88. The summed E-state index contributed by atoms with van der Waals surface area (Å²) < 4.78 is 0. The molecule has 0 radical (unpaired) electrons. The van der Waals surface area contributed by atoms with E-state index in [0.29, 0.717) is 16.2 Å². The number of rotatable bonds is 12. The van der Waals surface area contributed by atoms with Crippen LogP contribution >= 0.6 is 0 Å². The van der Waals surface area contributed by atoms with Crippen LogP contribution < -0.4 is 0 Å². The lowest BCUT2D eigenvalue weighted by molar-refractivity contribution is 0.338. The summed E-state index contributed by atoms with van der Waals surface area (Å²) in [7, 11) is 0. The van der Waals surface area contributed by atoms with Crippen molar-refractivity contribution < 1.29 is 0 Å². The maximum absolute atomic E-state index is 2.30. The van der Waals surface area contributed by atoms with Crippen LogP contribution in [0.4, 0.5) is 0 Å². The molecule has 0 aliphatic heterocycles. The minimum atomic E-state index is 0.583. The highest BCUT2D eigenvalue weighted by Gasteiger charge is 2.10. The third-order valence-electron chi connectivity index (χ3n) is 9.92. The fourth-order valence-corrected chi connectivity index (χ4v) is 1.62. The van der Waals surface area contributed by atoms with Gasteiger partial charge in [-0.2, -0.15) is 0 Å². The van der Waals surface area contributed by atoms with Crippen molar-refractivity contribution in [3.05, 3.63) is 0 Å².